The van der Waals surface area contributed by atoms with Crippen molar-refractivity contribution in [2.45, 2.75) is 0 Å². The Kier molecular flexibility index (Phi) is 1.82. The summed E-state index contributed by atoms with van der Waals surface area (Å²) in [5, 5.41) is 2.60. The molecule has 2 aromatic rings. The third-order valence-electron chi connectivity index (χ3n) is 1.70. The molecule has 0 saturated heterocycles. The number of pyridine rings is 1. The summed E-state index contributed by atoms with van der Waals surface area (Å²) in [5.74, 6) is 0. The third kappa shape index (κ3) is 1.25. The second-order valence-corrected chi connectivity index (χ2v) is 4.23. The average molecular weight is 248 g/mol. The molecule has 0 spiro atoms. The molecular weight excluding hydrogens is 241 g/mol. The number of aromatic nitrogens is 1. The van der Waals surface area contributed by atoms with Crippen LogP contribution in [0.4, 0.5) is 0 Å². The van der Waals surface area contributed by atoms with Gasteiger partial charge in [-0.3, -0.25) is 0 Å². The Bertz CT molecular complexity index is 379. The van der Waals surface area contributed by atoms with Crippen LogP contribution >= 0.6 is 0 Å². The number of hydrogen-bond acceptors (Lipinski definition) is 1. The van der Waals surface area contributed by atoms with Gasteiger partial charge in [0.1, 0.15) is 0 Å². The number of benzene rings is 1. The first-order valence-corrected chi connectivity index (χ1v) is 5.11. The quantitative estimate of drug-likeness (QED) is 0.627. The molecular formula is C9H7NSn. The van der Waals surface area contributed by atoms with E-state index in [-0.39, 0.29) is 0 Å². The summed E-state index contributed by atoms with van der Waals surface area (Å²) in [5.41, 5.74) is 0. The van der Waals surface area contributed by atoms with Gasteiger partial charge >= 0.3 is 78.5 Å². The molecule has 0 amide bonds. The Balaban J connectivity index is 2.91. The molecule has 1 aromatic heterocycles. The second kappa shape index (κ2) is 2.81. The molecule has 0 bridgehead atoms. The Morgan fingerprint density at radius 2 is 1.91 bits per heavy atom. The molecule has 2 rings (SSSR count). The molecule has 52 valence electrons. The fourth-order valence-corrected chi connectivity index (χ4v) is 2.14. The van der Waals surface area contributed by atoms with Crippen LogP contribution in [0.25, 0.3) is 10.8 Å². The first-order chi connectivity index (χ1) is 5.38. The van der Waals surface area contributed by atoms with E-state index in [1.54, 1.807) is 0 Å². The van der Waals surface area contributed by atoms with Crippen molar-refractivity contribution in [2.24, 2.45) is 0 Å². The van der Waals surface area contributed by atoms with Gasteiger partial charge in [-0.15, -0.1) is 0 Å². The fourth-order valence-electron chi connectivity index (χ4n) is 1.14. The van der Waals surface area contributed by atoms with Gasteiger partial charge in [0.15, 0.2) is 0 Å². The van der Waals surface area contributed by atoms with E-state index >= 15 is 0 Å². The van der Waals surface area contributed by atoms with Crippen molar-refractivity contribution < 1.29 is 0 Å². The van der Waals surface area contributed by atoms with E-state index in [1.807, 2.05) is 18.5 Å². The van der Waals surface area contributed by atoms with Crippen molar-refractivity contribution in [3.8, 4) is 0 Å². The minimum atomic E-state index is 1.14. The van der Waals surface area contributed by atoms with Crippen LogP contribution < -0.4 is 3.58 Å². The molecule has 2 radical (unpaired) electrons. The molecule has 0 saturated carbocycles. The van der Waals surface area contributed by atoms with Crippen molar-refractivity contribution in [3.63, 3.8) is 0 Å². The van der Waals surface area contributed by atoms with Crippen LogP contribution in [0, 0.1) is 0 Å². The summed E-state index contributed by atoms with van der Waals surface area (Å²) in [7, 11) is 0. The molecule has 1 aromatic carbocycles. The summed E-state index contributed by atoms with van der Waals surface area (Å²) >= 11 is 1.14. The van der Waals surface area contributed by atoms with Gasteiger partial charge < -0.3 is 0 Å². The van der Waals surface area contributed by atoms with Crippen molar-refractivity contribution in [1.82, 2.24) is 4.98 Å². The zero-order chi connectivity index (χ0) is 7.68. The van der Waals surface area contributed by atoms with Crippen LogP contribution in [0.2, 0.25) is 0 Å². The Morgan fingerprint density at radius 3 is 2.73 bits per heavy atom. The minimum absolute atomic E-state index is 1.14. The maximum absolute atomic E-state index is 4.14. The number of nitrogens with zero attached hydrogens (tertiary/aromatic N) is 1. The molecule has 0 unspecified atom stereocenters. The molecule has 2 heteroatoms. The summed E-state index contributed by atoms with van der Waals surface area (Å²) in [6, 6.07) is 8.37. The van der Waals surface area contributed by atoms with Crippen LogP contribution in [0.3, 0.4) is 0 Å². The summed E-state index contributed by atoms with van der Waals surface area (Å²) in [6.07, 6.45) is 3.86. The normalized spacial score (nSPS) is 10.3. The van der Waals surface area contributed by atoms with E-state index < -0.39 is 0 Å². The van der Waals surface area contributed by atoms with Gasteiger partial charge in [-0.25, -0.2) is 0 Å². The fraction of sp³-hybridized carbons (Fsp3) is 0. The zero-order valence-electron chi connectivity index (χ0n) is 5.99. The summed E-state index contributed by atoms with van der Waals surface area (Å²) in [4.78, 5) is 4.14. The van der Waals surface area contributed by atoms with E-state index in [1.165, 1.54) is 14.4 Å². The van der Waals surface area contributed by atoms with E-state index in [0.717, 1.165) is 22.5 Å². The number of hydrogen-bond donors (Lipinski definition) is 0. The van der Waals surface area contributed by atoms with Gasteiger partial charge in [-0.05, 0) is 0 Å². The molecule has 1 heterocycles. The van der Waals surface area contributed by atoms with Crippen LogP contribution in [0.5, 0.6) is 0 Å². The van der Waals surface area contributed by atoms with Crippen molar-refractivity contribution in [3.05, 3.63) is 36.7 Å². The van der Waals surface area contributed by atoms with Gasteiger partial charge in [0, 0.05) is 0 Å². The Morgan fingerprint density at radius 1 is 1.09 bits per heavy atom. The summed E-state index contributed by atoms with van der Waals surface area (Å²) < 4.78 is 1.37. The van der Waals surface area contributed by atoms with E-state index in [9.17, 15) is 0 Å². The van der Waals surface area contributed by atoms with E-state index in [2.05, 4.69) is 23.2 Å². The van der Waals surface area contributed by atoms with Crippen LogP contribution in [0.15, 0.2) is 36.7 Å². The Labute approximate surface area is 78.5 Å². The van der Waals surface area contributed by atoms with Crippen LogP contribution in [0.1, 0.15) is 0 Å². The van der Waals surface area contributed by atoms with E-state index in [0.29, 0.717) is 0 Å². The van der Waals surface area contributed by atoms with Gasteiger partial charge in [-0.1, -0.05) is 0 Å². The molecule has 1 nitrogen and oxygen atoms in total. The van der Waals surface area contributed by atoms with Gasteiger partial charge in [-0.2, -0.15) is 0 Å². The van der Waals surface area contributed by atoms with Gasteiger partial charge in [0.2, 0.25) is 0 Å². The summed E-state index contributed by atoms with van der Waals surface area (Å²) in [6.45, 7) is 0. The molecule has 0 aliphatic carbocycles. The molecule has 0 fully saturated rings. The molecule has 0 aliphatic heterocycles. The first-order valence-electron chi connectivity index (χ1n) is 3.46. The topological polar surface area (TPSA) is 12.9 Å². The molecule has 11 heavy (non-hydrogen) atoms. The first kappa shape index (κ1) is 7.10. The van der Waals surface area contributed by atoms with Crippen LogP contribution in [-0.4, -0.2) is 27.5 Å². The van der Waals surface area contributed by atoms with Gasteiger partial charge in [0.05, 0.1) is 0 Å². The second-order valence-electron chi connectivity index (χ2n) is 2.45. The Hall–Kier alpha value is -0.571. The maximum atomic E-state index is 4.14. The predicted octanol–water partition coefficient (Wildman–Crippen LogP) is 0.761. The molecule has 0 atom stereocenters. The zero-order valence-corrected chi connectivity index (χ0v) is 9.28. The average Bonchev–Trinajstić information content (AvgIpc) is 2.06. The SMILES string of the molecule is [SnH][c]1cncc2ccccc12. The number of rotatable bonds is 0. The van der Waals surface area contributed by atoms with Gasteiger partial charge in [0.25, 0.3) is 0 Å². The standard InChI is InChI=1S/C9H6N.Sn.H/c1-2-4-9-7-10-6-5-8(9)3-1;;/h1-4,6-7H;;. The molecule has 0 N–H and O–H groups in total. The van der Waals surface area contributed by atoms with E-state index in [4.69, 9.17) is 0 Å². The van der Waals surface area contributed by atoms with Crippen molar-refractivity contribution >= 4 is 36.9 Å². The van der Waals surface area contributed by atoms with Crippen molar-refractivity contribution in [2.75, 3.05) is 0 Å². The van der Waals surface area contributed by atoms with Crippen molar-refractivity contribution in [1.29, 1.82) is 0 Å². The monoisotopic (exact) mass is 249 g/mol. The molecule has 0 aliphatic rings. The predicted molar refractivity (Wildman–Crippen MR) is 48.5 cm³/mol. The number of fused-ring (bicyclic) bond motifs is 1. The third-order valence-corrected chi connectivity index (χ3v) is 3.01. The van der Waals surface area contributed by atoms with Crippen LogP contribution in [-0.2, 0) is 0 Å².